The molecule has 3 aliphatic rings. The van der Waals surface area contributed by atoms with Gasteiger partial charge in [-0.05, 0) is 12.8 Å². The molecule has 56 valence electrons. The molecule has 0 aromatic rings. The van der Waals surface area contributed by atoms with Crippen LogP contribution in [0.3, 0.4) is 0 Å². The first-order valence-corrected chi connectivity index (χ1v) is 3.83. The van der Waals surface area contributed by atoms with E-state index in [9.17, 15) is 10.2 Å². The molecule has 0 radical (unpaired) electrons. The van der Waals surface area contributed by atoms with Gasteiger partial charge < -0.3 is 10.2 Å². The van der Waals surface area contributed by atoms with Crippen LogP contribution in [0.1, 0.15) is 12.8 Å². The first kappa shape index (κ1) is 6.38. The van der Waals surface area contributed by atoms with Crippen molar-refractivity contribution >= 4 is 0 Å². The first-order valence-electron chi connectivity index (χ1n) is 3.83. The summed E-state index contributed by atoms with van der Waals surface area (Å²) in [5, 5.41) is 18.7. The Bertz CT molecular complexity index is 147. The highest BCUT2D eigenvalue weighted by molar-refractivity contribution is 5.10. The molecule has 0 heterocycles. The number of aliphatic hydroxyl groups excluding tert-OH is 2. The lowest BCUT2D eigenvalue weighted by molar-refractivity contribution is -0.0608. The van der Waals surface area contributed by atoms with Crippen molar-refractivity contribution in [1.29, 1.82) is 0 Å². The van der Waals surface area contributed by atoms with Gasteiger partial charge in [0, 0.05) is 11.8 Å². The van der Waals surface area contributed by atoms with Crippen LogP contribution in [0.25, 0.3) is 0 Å². The second-order valence-electron chi connectivity index (χ2n) is 3.27. The van der Waals surface area contributed by atoms with E-state index in [0.29, 0.717) is 0 Å². The lowest BCUT2D eigenvalue weighted by Crippen LogP contribution is -2.44. The average molecular weight is 140 g/mol. The van der Waals surface area contributed by atoms with E-state index in [1.54, 1.807) is 0 Å². The van der Waals surface area contributed by atoms with E-state index in [1.807, 2.05) is 12.2 Å². The van der Waals surface area contributed by atoms with Gasteiger partial charge in [-0.15, -0.1) is 0 Å². The standard InChI is InChI=1S/C8H12O2/c9-7-5-1-2-6(4-3-5)8(7)10/h1-2,5-10H,3-4H2/t5-,6?,7+,8+/m0/s1. The Kier molecular flexibility index (Phi) is 1.32. The SMILES string of the molecule is O[C@H]1[C@H](O)C2C=C[C@H]1CC2. The Hall–Kier alpha value is -0.340. The van der Waals surface area contributed by atoms with E-state index < -0.39 is 12.2 Å². The number of aliphatic hydroxyl groups is 2. The van der Waals surface area contributed by atoms with Gasteiger partial charge in [-0.3, -0.25) is 0 Å². The zero-order chi connectivity index (χ0) is 7.14. The molecule has 2 nitrogen and oxygen atoms in total. The fourth-order valence-corrected chi connectivity index (χ4v) is 1.94. The largest absolute Gasteiger partial charge is 0.390 e. The summed E-state index contributed by atoms with van der Waals surface area (Å²) in [6.45, 7) is 0. The maximum Gasteiger partial charge on any atom is 0.0867 e. The van der Waals surface area contributed by atoms with Crippen molar-refractivity contribution in [2.45, 2.75) is 25.0 Å². The molecular weight excluding hydrogens is 128 g/mol. The number of hydrogen-bond acceptors (Lipinski definition) is 2. The minimum atomic E-state index is -0.497. The van der Waals surface area contributed by atoms with Gasteiger partial charge in [0.15, 0.2) is 0 Å². The van der Waals surface area contributed by atoms with Gasteiger partial charge in [0.05, 0.1) is 12.2 Å². The molecule has 0 spiro atoms. The van der Waals surface area contributed by atoms with E-state index in [0.717, 1.165) is 12.8 Å². The highest BCUT2D eigenvalue weighted by Crippen LogP contribution is 2.36. The summed E-state index contributed by atoms with van der Waals surface area (Å²) in [7, 11) is 0. The Morgan fingerprint density at radius 2 is 1.30 bits per heavy atom. The van der Waals surface area contributed by atoms with Crippen molar-refractivity contribution < 1.29 is 10.2 Å². The molecule has 10 heavy (non-hydrogen) atoms. The third kappa shape index (κ3) is 0.724. The number of fused-ring (bicyclic) bond motifs is 2. The van der Waals surface area contributed by atoms with Crippen LogP contribution in [0.2, 0.25) is 0 Å². The molecule has 1 unspecified atom stereocenters. The van der Waals surface area contributed by atoms with Gasteiger partial charge in [-0.25, -0.2) is 0 Å². The molecule has 4 atom stereocenters. The summed E-state index contributed by atoms with van der Waals surface area (Å²) in [4.78, 5) is 0. The van der Waals surface area contributed by atoms with E-state index in [-0.39, 0.29) is 11.8 Å². The van der Waals surface area contributed by atoms with Gasteiger partial charge in [0.25, 0.3) is 0 Å². The molecule has 3 aliphatic carbocycles. The van der Waals surface area contributed by atoms with Crippen molar-refractivity contribution in [2.75, 3.05) is 0 Å². The second-order valence-corrected chi connectivity index (χ2v) is 3.27. The van der Waals surface area contributed by atoms with E-state index in [1.165, 1.54) is 0 Å². The molecule has 0 aromatic heterocycles. The predicted octanol–water partition coefficient (Wildman–Crippen LogP) is 0.304. The second kappa shape index (κ2) is 2.07. The van der Waals surface area contributed by atoms with Gasteiger partial charge in [-0.2, -0.15) is 0 Å². The summed E-state index contributed by atoms with van der Waals surface area (Å²) in [5.41, 5.74) is 0. The van der Waals surface area contributed by atoms with Gasteiger partial charge in [0.2, 0.25) is 0 Å². The van der Waals surface area contributed by atoms with Gasteiger partial charge in [0.1, 0.15) is 0 Å². The molecule has 2 N–H and O–H groups in total. The Balaban J connectivity index is 2.25. The fraction of sp³-hybridized carbons (Fsp3) is 0.750. The Labute approximate surface area is 60.2 Å². The molecule has 2 bridgehead atoms. The van der Waals surface area contributed by atoms with Crippen LogP contribution in [-0.2, 0) is 0 Å². The highest BCUT2D eigenvalue weighted by atomic mass is 16.3. The van der Waals surface area contributed by atoms with Crippen LogP contribution in [0, 0.1) is 11.8 Å². The third-order valence-electron chi connectivity index (χ3n) is 2.67. The molecule has 0 aliphatic heterocycles. The lowest BCUT2D eigenvalue weighted by Gasteiger charge is -2.39. The highest BCUT2D eigenvalue weighted by Gasteiger charge is 2.38. The normalized spacial score (nSPS) is 51.8. The van der Waals surface area contributed by atoms with Crippen LogP contribution in [-0.4, -0.2) is 22.4 Å². The molecule has 0 aromatic carbocycles. The zero-order valence-corrected chi connectivity index (χ0v) is 5.77. The van der Waals surface area contributed by atoms with Crippen LogP contribution < -0.4 is 0 Å². The molecule has 0 saturated heterocycles. The lowest BCUT2D eigenvalue weighted by atomic mass is 9.72. The molecule has 1 saturated carbocycles. The smallest absolute Gasteiger partial charge is 0.0867 e. The summed E-state index contributed by atoms with van der Waals surface area (Å²) in [6, 6.07) is 0. The summed E-state index contributed by atoms with van der Waals surface area (Å²) in [6.07, 6.45) is 5.16. The number of hydrogen-bond donors (Lipinski definition) is 2. The maximum absolute atomic E-state index is 9.37. The van der Waals surface area contributed by atoms with Gasteiger partial charge >= 0.3 is 0 Å². The number of rotatable bonds is 0. The van der Waals surface area contributed by atoms with E-state index >= 15 is 0 Å². The predicted molar refractivity (Wildman–Crippen MR) is 37.4 cm³/mol. The maximum atomic E-state index is 9.37. The fourth-order valence-electron chi connectivity index (χ4n) is 1.94. The van der Waals surface area contributed by atoms with Crippen molar-refractivity contribution in [3.8, 4) is 0 Å². The van der Waals surface area contributed by atoms with Gasteiger partial charge in [-0.1, -0.05) is 12.2 Å². The summed E-state index contributed by atoms with van der Waals surface area (Å²) < 4.78 is 0. The van der Waals surface area contributed by atoms with Crippen molar-refractivity contribution in [2.24, 2.45) is 11.8 Å². The van der Waals surface area contributed by atoms with Crippen LogP contribution in [0.5, 0.6) is 0 Å². The minimum Gasteiger partial charge on any atom is -0.390 e. The Morgan fingerprint density at radius 1 is 0.900 bits per heavy atom. The molecule has 3 rings (SSSR count). The first-order chi connectivity index (χ1) is 4.79. The summed E-state index contributed by atoms with van der Waals surface area (Å²) in [5.74, 6) is 0.444. The monoisotopic (exact) mass is 140 g/mol. The molecule has 0 amide bonds. The van der Waals surface area contributed by atoms with Crippen LogP contribution in [0.15, 0.2) is 12.2 Å². The molecule has 2 heteroatoms. The topological polar surface area (TPSA) is 40.5 Å². The van der Waals surface area contributed by atoms with Crippen LogP contribution >= 0.6 is 0 Å². The van der Waals surface area contributed by atoms with E-state index in [4.69, 9.17) is 0 Å². The quantitative estimate of drug-likeness (QED) is 0.475. The molecular formula is C8H12O2. The Morgan fingerprint density at radius 3 is 1.50 bits per heavy atom. The minimum absolute atomic E-state index is 0.222. The average Bonchev–Trinajstić information content (AvgIpc) is 2.00. The van der Waals surface area contributed by atoms with E-state index in [2.05, 4.69) is 0 Å². The van der Waals surface area contributed by atoms with Crippen molar-refractivity contribution in [3.63, 3.8) is 0 Å². The van der Waals surface area contributed by atoms with Crippen molar-refractivity contribution in [3.05, 3.63) is 12.2 Å². The third-order valence-corrected chi connectivity index (χ3v) is 2.67. The summed E-state index contributed by atoms with van der Waals surface area (Å²) >= 11 is 0. The zero-order valence-electron chi connectivity index (χ0n) is 5.77. The van der Waals surface area contributed by atoms with Crippen molar-refractivity contribution in [1.82, 2.24) is 0 Å². The van der Waals surface area contributed by atoms with Crippen LogP contribution in [0.4, 0.5) is 0 Å². The molecule has 1 fully saturated rings.